The molecule has 0 N–H and O–H groups in total. The molecule has 2 aromatic carbocycles. The van der Waals surface area contributed by atoms with Crippen LogP contribution in [0.5, 0.6) is 11.5 Å². The summed E-state index contributed by atoms with van der Waals surface area (Å²) in [5.41, 5.74) is 0.222. The summed E-state index contributed by atoms with van der Waals surface area (Å²) >= 11 is 0.842. The fourth-order valence-corrected chi connectivity index (χ4v) is 2.44. The lowest BCUT2D eigenvalue weighted by Gasteiger charge is -2.04. The van der Waals surface area contributed by atoms with E-state index in [0.717, 1.165) is 17.8 Å². The first kappa shape index (κ1) is 17.5. The highest BCUT2D eigenvalue weighted by Crippen LogP contribution is 2.24. The third-order valence-corrected chi connectivity index (χ3v) is 3.84. The van der Waals surface area contributed by atoms with Crippen LogP contribution in [-0.4, -0.2) is 24.0 Å². The monoisotopic (exact) mass is 342 g/mol. The molecule has 0 atom stereocenters. The molecule has 0 aromatic heterocycles. The fourth-order valence-electron chi connectivity index (χ4n) is 1.75. The van der Waals surface area contributed by atoms with Crippen molar-refractivity contribution >= 4 is 28.6 Å². The Balaban J connectivity index is 2.02. The minimum atomic E-state index is -0.627. The summed E-state index contributed by atoms with van der Waals surface area (Å²) in [6.07, 6.45) is 1.04. The summed E-state index contributed by atoms with van der Waals surface area (Å²) in [7, 11) is 1.55. The molecule has 0 amide bonds. The van der Waals surface area contributed by atoms with Gasteiger partial charge in [-0.25, -0.2) is 4.79 Å². The van der Waals surface area contributed by atoms with Gasteiger partial charge in [-0.3, -0.25) is 9.59 Å². The van der Waals surface area contributed by atoms with E-state index in [1.54, 1.807) is 31.4 Å². The van der Waals surface area contributed by atoms with Crippen LogP contribution in [-0.2, 0) is 9.59 Å². The average molecular weight is 342 g/mol. The lowest BCUT2D eigenvalue weighted by atomic mass is 10.1. The molecule has 122 valence electrons. The van der Waals surface area contributed by atoms with E-state index >= 15 is 0 Å². The number of rotatable bonds is 6. The molecule has 0 aliphatic carbocycles. The van der Waals surface area contributed by atoms with Gasteiger partial charge in [-0.2, -0.15) is 0 Å². The molecule has 0 radical (unpaired) electrons. The molecular weight excluding hydrogens is 328 g/mol. The fraction of sp³-hybridized carbons (Fsp3) is 0.0556. The number of carbonyl (C=O) groups excluding carboxylic acids is 3. The third kappa shape index (κ3) is 4.57. The molecule has 0 aliphatic heterocycles. The van der Waals surface area contributed by atoms with Crippen LogP contribution < -0.4 is 9.47 Å². The van der Waals surface area contributed by atoms with Crippen LogP contribution in [0.2, 0.25) is 0 Å². The number of Topliss-reactive ketones (excluding diaryl/α,β-unsaturated/α-hetero) is 1. The number of ketones is 1. The number of carbonyl (C=O) groups is 3. The van der Waals surface area contributed by atoms with Crippen LogP contribution in [0.25, 0.3) is 0 Å². The zero-order chi connectivity index (χ0) is 17.5. The van der Waals surface area contributed by atoms with Crippen molar-refractivity contribution in [2.75, 3.05) is 7.11 Å². The number of thioether (sulfide) groups is 1. The van der Waals surface area contributed by atoms with E-state index in [0.29, 0.717) is 10.6 Å². The van der Waals surface area contributed by atoms with E-state index in [-0.39, 0.29) is 11.3 Å². The van der Waals surface area contributed by atoms with Gasteiger partial charge >= 0.3 is 5.97 Å². The molecule has 0 fully saturated rings. The van der Waals surface area contributed by atoms with Crippen LogP contribution >= 0.6 is 11.8 Å². The zero-order valence-corrected chi connectivity index (χ0v) is 13.7. The Labute approximate surface area is 143 Å². The first-order valence-electron chi connectivity index (χ1n) is 6.88. The summed E-state index contributed by atoms with van der Waals surface area (Å²) in [6, 6.07) is 12.6. The van der Waals surface area contributed by atoms with Gasteiger partial charge in [-0.05, 0) is 60.3 Å². The van der Waals surface area contributed by atoms with Gasteiger partial charge in [0, 0.05) is 16.5 Å². The van der Waals surface area contributed by atoms with Gasteiger partial charge in [-0.1, -0.05) is 6.58 Å². The molecule has 2 rings (SSSR count). The van der Waals surface area contributed by atoms with E-state index in [9.17, 15) is 14.4 Å². The number of ether oxygens (including phenoxy) is 2. The molecule has 6 heteroatoms. The quantitative estimate of drug-likeness (QED) is 0.200. The van der Waals surface area contributed by atoms with Crippen LogP contribution in [0.1, 0.15) is 10.4 Å². The zero-order valence-electron chi connectivity index (χ0n) is 12.9. The van der Waals surface area contributed by atoms with Crippen molar-refractivity contribution in [3.63, 3.8) is 0 Å². The van der Waals surface area contributed by atoms with Crippen molar-refractivity contribution in [1.82, 2.24) is 0 Å². The molecular formula is C18H14O5S. The van der Waals surface area contributed by atoms with Gasteiger partial charge in [0.05, 0.1) is 7.11 Å². The third-order valence-electron chi connectivity index (χ3n) is 2.96. The van der Waals surface area contributed by atoms with Crippen LogP contribution in [0, 0.1) is 0 Å². The number of benzene rings is 2. The van der Waals surface area contributed by atoms with Crippen LogP contribution in [0.4, 0.5) is 0 Å². The summed E-state index contributed by atoms with van der Waals surface area (Å²) < 4.78 is 9.94. The average Bonchev–Trinajstić information content (AvgIpc) is 2.62. The highest BCUT2D eigenvalue weighted by molar-refractivity contribution is 8.15. The minimum Gasteiger partial charge on any atom is -0.497 e. The van der Waals surface area contributed by atoms with Gasteiger partial charge < -0.3 is 9.47 Å². The maximum Gasteiger partial charge on any atom is 0.335 e. The van der Waals surface area contributed by atoms with Crippen molar-refractivity contribution < 1.29 is 23.9 Å². The molecule has 5 nitrogen and oxygen atoms in total. The van der Waals surface area contributed by atoms with Crippen molar-refractivity contribution in [3.8, 4) is 11.5 Å². The summed E-state index contributed by atoms with van der Waals surface area (Å²) in [5, 5.41) is -0.601. The molecule has 0 saturated heterocycles. The lowest BCUT2D eigenvalue weighted by molar-refractivity contribution is -0.129. The molecule has 0 saturated carbocycles. The van der Waals surface area contributed by atoms with E-state index in [1.807, 2.05) is 0 Å². The second-order valence-corrected chi connectivity index (χ2v) is 5.59. The summed E-state index contributed by atoms with van der Waals surface area (Å²) in [6.45, 7) is 3.29. The van der Waals surface area contributed by atoms with E-state index in [1.165, 1.54) is 24.3 Å². The van der Waals surface area contributed by atoms with E-state index in [4.69, 9.17) is 9.47 Å². The first-order valence-corrected chi connectivity index (χ1v) is 7.70. The number of methoxy groups -OCH3 is 1. The Morgan fingerprint density at radius 2 is 1.54 bits per heavy atom. The minimum absolute atomic E-state index is 0.222. The van der Waals surface area contributed by atoms with Gasteiger partial charge in [-0.15, -0.1) is 0 Å². The van der Waals surface area contributed by atoms with Crippen LogP contribution in [0.15, 0.2) is 66.1 Å². The highest BCUT2D eigenvalue weighted by Gasteiger charge is 2.18. The molecule has 0 heterocycles. The van der Waals surface area contributed by atoms with Crippen molar-refractivity contribution in [2.45, 2.75) is 4.90 Å². The van der Waals surface area contributed by atoms with E-state index in [2.05, 4.69) is 6.58 Å². The van der Waals surface area contributed by atoms with Crippen molar-refractivity contribution in [1.29, 1.82) is 0 Å². The first-order chi connectivity index (χ1) is 11.5. The number of esters is 1. The van der Waals surface area contributed by atoms with Crippen molar-refractivity contribution in [3.05, 3.63) is 66.7 Å². The Hall–Kier alpha value is -2.86. The van der Waals surface area contributed by atoms with Gasteiger partial charge in [0.1, 0.15) is 11.5 Å². The predicted molar refractivity (Wildman–Crippen MR) is 90.5 cm³/mol. The van der Waals surface area contributed by atoms with Gasteiger partial charge in [0.25, 0.3) is 5.12 Å². The number of hydrogen-bond acceptors (Lipinski definition) is 6. The highest BCUT2D eigenvalue weighted by atomic mass is 32.2. The second-order valence-electron chi connectivity index (χ2n) is 4.54. The maximum absolute atomic E-state index is 12.1. The molecule has 0 bridgehead atoms. The van der Waals surface area contributed by atoms with Gasteiger partial charge in [0.2, 0.25) is 5.78 Å². The van der Waals surface area contributed by atoms with Crippen molar-refractivity contribution in [2.24, 2.45) is 0 Å². The molecule has 2 aromatic rings. The summed E-state index contributed by atoms with van der Waals surface area (Å²) in [4.78, 5) is 35.9. The Bertz CT molecular complexity index is 763. The Morgan fingerprint density at radius 3 is 2.08 bits per heavy atom. The predicted octanol–water partition coefficient (Wildman–Crippen LogP) is 3.29. The molecule has 24 heavy (non-hydrogen) atoms. The largest absolute Gasteiger partial charge is 0.497 e. The number of hydrogen-bond donors (Lipinski definition) is 0. The maximum atomic E-state index is 12.1. The van der Waals surface area contributed by atoms with Crippen LogP contribution in [0.3, 0.4) is 0 Å². The van der Waals surface area contributed by atoms with E-state index < -0.39 is 16.9 Å². The summed E-state index contributed by atoms with van der Waals surface area (Å²) in [5.74, 6) is -0.285. The molecule has 0 aliphatic rings. The molecule has 0 spiro atoms. The normalized spacial score (nSPS) is 9.88. The topological polar surface area (TPSA) is 69.7 Å². The Morgan fingerprint density at radius 1 is 0.958 bits per heavy atom. The molecule has 0 unspecified atom stereocenters. The second kappa shape index (κ2) is 8.12. The SMILES string of the molecule is C=CC(=O)Oc1ccc(C(=O)C(=O)Sc2ccc(OC)cc2)cc1. The lowest BCUT2D eigenvalue weighted by Crippen LogP contribution is -2.10. The smallest absolute Gasteiger partial charge is 0.335 e. The standard InChI is InChI=1S/C18H14O5S/c1-3-16(19)23-14-6-4-12(5-7-14)17(20)18(21)24-15-10-8-13(22-2)9-11-15/h3-11H,1H2,2H3. The van der Waals surface area contributed by atoms with Gasteiger partial charge in [0.15, 0.2) is 0 Å². The Kier molecular flexibility index (Phi) is 5.92.